The number of piperazine rings is 1. The van der Waals surface area contributed by atoms with Gasteiger partial charge in [0.1, 0.15) is 0 Å². The Morgan fingerprint density at radius 1 is 1.12 bits per heavy atom. The number of benzene rings is 1. The molecule has 17 heavy (non-hydrogen) atoms. The number of rotatable bonds is 2. The number of carbonyl (C=O) groups is 1. The zero-order valence-corrected chi connectivity index (χ0v) is 10.9. The van der Waals surface area contributed by atoms with Crippen LogP contribution in [0.15, 0.2) is 30.3 Å². The third-order valence-corrected chi connectivity index (χ3v) is 3.05. The summed E-state index contributed by atoms with van der Waals surface area (Å²) in [5, 5.41) is 0. The lowest BCUT2D eigenvalue weighted by molar-refractivity contribution is -0.132. The van der Waals surface area contributed by atoms with E-state index in [1.54, 1.807) is 0 Å². The minimum Gasteiger partial charge on any atom is -1.00 e. The molecule has 0 bridgehead atoms. The first kappa shape index (κ1) is 14.0. The summed E-state index contributed by atoms with van der Waals surface area (Å²) >= 11 is 0. The van der Waals surface area contributed by atoms with Crippen LogP contribution in [0.3, 0.4) is 0 Å². The number of halogens is 1. The first-order valence-electron chi connectivity index (χ1n) is 5.76. The molecular formula is C13H18ClN2O-. The van der Waals surface area contributed by atoms with Gasteiger partial charge >= 0.3 is 0 Å². The fourth-order valence-electron chi connectivity index (χ4n) is 1.94. The molecule has 0 atom stereocenters. The van der Waals surface area contributed by atoms with Crippen molar-refractivity contribution in [1.82, 2.24) is 9.80 Å². The van der Waals surface area contributed by atoms with Crippen LogP contribution in [-0.2, 0) is 11.2 Å². The van der Waals surface area contributed by atoms with Gasteiger partial charge in [-0.15, -0.1) is 0 Å². The van der Waals surface area contributed by atoms with Crippen LogP contribution in [0.1, 0.15) is 5.56 Å². The monoisotopic (exact) mass is 253 g/mol. The molecule has 0 aliphatic carbocycles. The first-order chi connectivity index (χ1) is 7.75. The molecule has 1 heterocycles. The molecule has 1 aromatic rings. The molecule has 4 heteroatoms. The summed E-state index contributed by atoms with van der Waals surface area (Å²) in [6.07, 6.45) is 0.532. The molecule has 3 nitrogen and oxygen atoms in total. The normalized spacial score (nSPS) is 16.4. The molecule has 0 unspecified atom stereocenters. The molecule has 2 rings (SSSR count). The second-order valence-electron chi connectivity index (χ2n) is 4.35. The van der Waals surface area contributed by atoms with Gasteiger partial charge in [0.05, 0.1) is 6.42 Å². The number of amides is 1. The van der Waals surface area contributed by atoms with Gasteiger partial charge in [0, 0.05) is 26.2 Å². The predicted molar refractivity (Wildman–Crippen MR) is 64.2 cm³/mol. The Kier molecular flexibility index (Phi) is 5.45. The summed E-state index contributed by atoms with van der Waals surface area (Å²) in [6, 6.07) is 9.95. The van der Waals surface area contributed by atoms with Crippen molar-refractivity contribution in [1.29, 1.82) is 0 Å². The lowest BCUT2D eigenvalue weighted by Crippen LogP contribution is -3.00. The van der Waals surface area contributed by atoms with Crippen molar-refractivity contribution >= 4 is 5.91 Å². The van der Waals surface area contributed by atoms with Gasteiger partial charge < -0.3 is 22.2 Å². The van der Waals surface area contributed by atoms with Gasteiger partial charge in [-0.25, -0.2) is 0 Å². The zero-order valence-electron chi connectivity index (χ0n) is 10.1. The third-order valence-electron chi connectivity index (χ3n) is 3.05. The van der Waals surface area contributed by atoms with Crippen LogP contribution in [0.5, 0.6) is 0 Å². The van der Waals surface area contributed by atoms with E-state index in [1.165, 1.54) is 0 Å². The lowest BCUT2D eigenvalue weighted by Gasteiger charge is -2.32. The van der Waals surface area contributed by atoms with Gasteiger partial charge in [0.2, 0.25) is 5.91 Å². The van der Waals surface area contributed by atoms with E-state index in [1.807, 2.05) is 35.2 Å². The maximum Gasteiger partial charge on any atom is 0.227 e. The fourth-order valence-corrected chi connectivity index (χ4v) is 1.94. The average Bonchev–Trinajstić information content (AvgIpc) is 2.31. The summed E-state index contributed by atoms with van der Waals surface area (Å²) in [6.45, 7) is 3.70. The van der Waals surface area contributed by atoms with Crippen molar-refractivity contribution in [3.8, 4) is 0 Å². The summed E-state index contributed by atoms with van der Waals surface area (Å²) in [7, 11) is 2.10. The zero-order chi connectivity index (χ0) is 11.4. The Morgan fingerprint density at radius 3 is 2.29 bits per heavy atom. The van der Waals surface area contributed by atoms with Gasteiger partial charge in [0.15, 0.2) is 0 Å². The molecule has 1 aromatic carbocycles. The van der Waals surface area contributed by atoms with Crippen LogP contribution >= 0.6 is 0 Å². The number of hydrogen-bond acceptors (Lipinski definition) is 2. The van der Waals surface area contributed by atoms with Crippen LogP contribution in [0.25, 0.3) is 0 Å². The smallest absolute Gasteiger partial charge is 0.227 e. The Balaban J connectivity index is 0.00000144. The van der Waals surface area contributed by atoms with Crippen LogP contribution < -0.4 is 12.4 Å². The van der Waals surface area contributed by atoms with E-state index in [0.717, 1.165) is 31.7 Å². The van der Waals surface area contributed by atoms with E-state index in [9.17, 15) is 4.79 Å². The average molecular weight is 254 g/mol. The molecule has 1 aliphatic rings. The highest BCUT2D eigenvalue weighted by atomic mass is 35.5. The second-order valence-corrected chi connectivity index (χ2v) is 4.35. The van der Waals surface area contributed by atoms with E-state index < -0.39 is 0 Å². The molecule has 0 aromatic heterocycles. The van der Waals surface area contributed by atoms with Crippen LogP contribution in [0, 0.1) is 0 Å². The van der Waals surface area contributed by atoms with Gasteiger partial charge in [-0.05, 0) is 12.6 Å². The van der Waals surface area contributed by atoms with E-state index in [0.29, 0.717) is 6.42 Å². The highest BCUT2D eigenvalue weighted by molar-refractivity contribution is 5.78. The molecule has 1 fully saturated rings. The minimum absolute atomic E-state index is 0. The van der Waals surface area contributed by atoms with Crippen molar-refractivity contribution in [2.45, 2.75) is 6.42 Å². The van der Waals surface area contributed by atoms with Crippen LogP contribution in [-0.4, -0.2) is 48.9 Å². The standard InChI is InChI=1S/C13H18N2O.ClH/c1-14-7-9-15(10-8-14)13(16)11-12-5-3-2-4-6-12;/h2-6H,7-11H2,1H3;1H/p-1. The molecule has 1 saturated heterocycles. The Labute approximate surface area is 109 Å². The largest absolute Gasteiger partial charge is 1.00 e. The van der Waals surface area contributed by atoms with Crippen molar-refractivity contribution in [2.75, 3.05) is 33.2 Å². The van der Waals surface area contributed by atoms with E-state index in [-0.39, 0.29) is 18.3 Å². The van der Waals surface area contributed by atoms with Crippen LogP contribution in [0.2, 0.25) is 0 Å². The van der Waals surface area contributed by atoms with E-state index in [4.69, 9.17) is 0 Å². The molecule has 0 saturated carbocycles. The Bertz CT molecular complexity index is 348. The summed E-state index contributed by atoms with van der Waals surface area (Å²) < 4.78 is 0. The Morgan fingerprint density at radius 2 is 1.71 bits per heavy atom. The van der Waals surface area contributed by atoms with Crippen molar-refractivity contribution in [2.24, 2.45) is 0 Å². The highest BCUT2D eigenvalue weighted by Crippen LogP contribution is 2.05. The van der Waals surface area contributed by atoms with Gasteiger partial charge in [-0.1, -0.05) is 30.3 Å². The molecule has 0 N–H and O–H groups in total. The highest BCUT2D eigenvalue weighted by Gasteiger charge is 2.18. The van der Waals surface area contributed by atoms with E-state index >= 15 is 0 Å². The maximum absolute atomic E-state index is 12.0. The molecule has 0 spiro atoms. The third kappa shape index (κ3) is 4.02. The van der Waals surface area contributed by atoms with E-state index in [2.05, 4.69) is 11.9 Å². The van der Waals surface area contributed by atoms with Gasteiger partial charge in [0.25, 0.3) is 0 Å². The summed E-state index contributed by atoms with van der Waals surface area (Å²) in [5.74, 6) is 0.249. The SMILES string of the molecule is CN1CCN(C(=O)Cc2ccccc2)CC1.[Cl-]. The predicted octanol–water partition coefficient (Wildman–Crippen LogP) is -1.99. The minimum atomic E-state index is 0. The maximum atomic E-state index is 12.0. The quantitative estimate of drug-likeness (QED) is 0.609. The van der Waals surface area contributed by atoms with Crippen molar-refractivity contribution in [3.05, 3.63) is 35.9 Å². The molecule has 0 radical (unpaired) electrons. The number of likely N-dealkylation sites (N-methyl/N-ethyl adjacent to an activating group) is 1. The van der Waals surface area contributed by atoms with Gasteiger partial charge in [-0.3, -0.25) is 4.79 Å². The lowest BCUT2D eigenvalue weighted by atomic mass is 10.1. The summed E-state index contributed by atoms with van der Waals surface area (Å²) in [5.41, 5.74) is 1.10. The first-order valence-corrected chi connectivity index (χ1v) is 5.76. The molecule has 1 aliphatic heterocycles. The van der Waals surface area contributed by atoms with Crippen LogP contribution in [0.4, 0.5) is 0 Å². The van der Waals surface area contributed by atoms with Crippen molar-refractivity contribution < 1.29 is 17.2 Å². The topological polar surface area (TPSA) is 23.6 Å². The molecule has 1 amide bonds. The number of nitrogens with zero attached hydrogens (tertiary/aromatic N) is 2. The summed E-state index contributed by atoms with van der Waals surface area (Å²) in [4.78, 5) is 16.2. The van der Waals surface area contributed by atoms with Crippen molar-refractivity contribution in [3.63, 3.8) is 0 Å². The fraction of sp³-hybridized carbons (Fsp3) is 0.462. The molecule has 94 valence electrons. The van der Waals surface area contributed by atoms with Gasteiger partial charge in [-0.2, -0.15) is 0 Å². The number of carbonyl (C=O) groups excluding carboxylic acids is 1. The Hall–Kier alpha value is -1.06. The second kappa shape index (κ2) is 6.62. The molecular weight excluding hydrogens is 236 g/mol. The number of hydrogen-bond donors (Lipinski definition) is 0.